The van der Waals surface area contributed by atoms with Gasteiger partial charge in [0.1, 0.15) is 5.82 Å². The summed E-state index contributed by atoms with van der Waals surface area (Å²) in [5.41, 5.74) is 4.68. The second-order valence-corrected chi connectivity index (χ2v) is 7.77. The third kappa shape index (κ3) is 4.25. The number of imidazole rings is 1. The van der Waals surface area contributed by atoms with Crippen molar-refractivity contribution in [2.45, 2.75) is 32.7 Å². The van der Waals surface area contributed by atoms with Crippen LogP contribution in [-0.4, -0.2) is 31.7 Å². The highest BCUT2D eigenvalue weighted by molar-refractivity contribution is 5.96. The molecule has 0 unspecified atom stereocenters. The monoisotopic (exact) mass is 428 g/mol. The van der Waals surface area contributed by atoms with Crippen LogP contribution in [0.1, 0.15) is 51.9 Å². The maximum absolute atomic E-state index is 11.5. The molecule has 0 saturated heterocycles. The van der Waals surface area contributed by atoms with Gasteiger partial charge in [-0.05, 0) is 47.4 Å². The molecule has 6 heteroatoms. The molecule has 4 rings (SSSR count). The average molecular weight is 428 g/mol. The molecule has 0 aliphatic heterocycles. The van der Waals surface area contributed by atoms with Crippen LogP contribution >= 0.6 is 0 Å². The highest BCUT2D eigenvalue weighted by Gasteiger charge is 2.14. The summed E-state index contributed by atoms with van der Waals surface area (Å²) in [6, 6.07) is 19.9. The maximum Gasteiger partial charge on any atom is 0.336 e. The van der Waals surface area contributed by atoms with E-state index in [9.17, 15) is 19.8 Å². The van der Waals surface area contributed by atoms with Crippen LogP contribution in [-0.2, 0) is 13.0 Å². The number of carbonyl (C=O) groups is 2. The molecular weight excluding hydrogens is 404 g/mol. The van der Waals surface area contributed by atoms with Crippen LogP contribution < -0.4 is 0 Å². The molecular formula is C26H24N2O4. The number of rotatable bonds is 8. The molecule has 0 radical (unpaired) electrons. The molecule has 0 aliphatic carbocycles. The van der Waals surface area contributed by atoms with Crippen molar-refractivity contribution in [2.24, 2.45) is 0 Å². The van der Waals surface area contributed by atoms with E-state index in [4.69, 9.17) is 4.98 Å². The standard InChI is InChI=1S/C26H24N2O4/c1-2-3-8-24-27-22-15-19(25(29)30)13-14-23(22)28(24)16-17-9-11-18(12-10-17)20-6-4-5-7-21(20)26(31)32/h4-7,9-15H,2-3,8,16H2,1H3,(H,29,30)(H,31,32). The Morgan fingerprint density at radius 3 is 2.38 bits per heavy atom. The van der Waals surface area contributed by atoms with E-state index >= 15 is 0 Å². The van der Waals surface area contributed by atoms with Crippen molar-refractivity contribution in [1.29, 1.82) is 0 Å². The molecule has 32 heavy (non-hydrogen) atoms. The zero-order valence-corrected chi connectivity index (χ0v) is 17.8. The number of hydrogen-bond donors (Lipinski definition) is 2. The molecule has 1 aromatic heterocycles. The second-order valence-electron chi connectivity index (χ2n) is 7.77. The van der Waals surface area contributed by atoms with Crippen LogP contribution in [0.3, 0.4) is 0 Å². The summed E-state index contributed by atoms with van der Waals surface area (Å²) in [4.78, 5) is 27.6. The van der Waals surface area contributed by atoms with Gasteiger partial charge in [-0.25, -0.2) is 14.6 Å². The van der Waals surface area contributed by atoms with Crippen molar-refractivity contribution >= 4 is 23.0 Å². The van der Waals surface area contributed by atoms with Gasteiger partial charge in [0.25, 0.3) is 0 Å². The van der Waals surface area contributed by atoms with Crippen LogP contribution in [0.25, 0.3) is 22.2 Å². The molecule has 0 atom stereocenters. The summed E-state index contributed by atoms with van der Waals surface area (Å²) in [6.45, 7) is 2.73. The number of aromatic carboxylic acids is 2. The molecule has 0 bridgehead atoms. The minimum Gasteiger partial charge on any atom is -0.478 e. The van der Waals surface area contributed by atoms with Crippen molar-refractivity contribution in [3.8, 4) is 11.1 Å². The fourth-order valence-corrected chi connectivity index (χ4v) is 3.91. The topological polar surface area (TPSA) is 92.4 Å². The summed E-state index contributed by atoms with van der Waals surface area (Å²) in [7, 11) is 0. The zero-order valence-electron chi connectivity index (χ0n) is 17.8. The Balaban J connectivity index is 1.68. The number of hydrogen-bond acceptors (Lipinski definition) is 3. The van der Waals surface area contributed by atoms with E-state index in [-0.39, 0.29) is 11.1 Å². The molecule has 0 fully saturated rings. The number of unbranched alkanes of at least 4 members (excludes halogenated alkanes) is 1. The molecule has 0 spiro atoms. The van der Waals surface area contributed by atoms with Gasteiger partial charge in [-0.1, -0.05) is 55.8 Å². The lowest BCUT2D eigenvalue weighted by Gasteiger charge is -2.11. The number of carboxylic acid groups (broad SMARTS) is 2. The van der Waals surface area contributed by atoms with Gasteiger partial charge in [0.05, 0.1) is 22.2 Å². The first-order chi connectivity index (χ1) is 15.5. The second kappa shape index (κ2) is 9.06. The van der Waals surface area contributed by atoms with E-state index in [1.807, 2.05) is 42.5 Å². The van der Waals surface area contributed by atoms with Crippen LogP contribution in [0, 0.1) is 0 Å². The van der Waals surface area contributed by atoms with Crippen LogP contribution in [0.15, 0.2) is 66.7 Å². The summed E-state index contributed by atoms with van der Waals surface area (Å²) >= 11 is 0. The van der Waals surface area contributed by atoms with E-state index in [1.54, 1.807) is 24.3 Å². The Morgan fingerprint density at radius 1 is 0.938 bits per heavy atom. The van der Waals surface area contributed by atoms with E-state index in [2.05, 4.69) is 11.5 Å². The summed E-state index contributed by atoms with van der Waals surface area (Å²) in [5, 5.41) is 18.8. The molecule has 162 valence electrons. The van der Waals surface area contributed by atoms with E-state index in [1.165, 1.54) is 0 Å². The van der Waals surface area contributed by atoms with E-state index in [0.29, 0.717) is 17.6 Å². The first-order valence-corrected chi connectivity index (χ1v) is 10.6. The molecule has 0 saturated carbocycles. The fraction of sp³-hybridized carbons (Fsp3) is 0.192. The van der Waals surface area contributed by atoms with E-state index in [0.717, 1.165) is 41.7 Å². The van der Waals surface area contributed by atoms with Crippen molar-refractivity contribution in [3.63, 3.8) is 0 Å². The highest BCUT2D eigenvalue weighted by atomic mass is 16.4. The Bertz CT molecular complexity index is 1290. The predicted octanol–water partition coefficient (Wildman–Crippen LogP) is 5.49. The fourth-order valence-electron chi connectivity index (χ4n) is 3.91. The summed E-state index contributed by atoms with van der Waals surface area (Å²) < 4.78 is 2.14. The average Bonchev–Trinajstić information content (AvgIpc) is 3.14. The number of fused-ring (bicyclic) bond motifs is 1. The molecule has 0 aliphatic rings. The van der Waals surface area contributed by atoms with Gasteiger partial charge in [-0.2, -0.15) is 0 Å². The van der Waals surface area contributed by atoms with Gasteiger partial charge in [-0.15, -0.1) is 0 Å². The van der Waals surface area contributed by atoms with Crippen LogP contribution in [0.5, 0.6) is 0 Å². The van der Waals surface area contributed by atoms with Gasteiger partial charge in [0.15, 0.2) is 0 Å². The Morgan fingerprint density at radius 2 is 1.69 bits per heavy atom. The molecule has 0 amide bonds. The SMILES string of the molecule is CCCCc1nc2cc(C(=O)O)ccc2n1Cc1ccc(-c2ccccc2C(=O)O)cc1. The number of aryl methyl sites for hydroxylation is 1. The third-order valence-corrected chi connectivity index (χ3v) is 5.59. The number of nitrogens with zero attached hydrogens (tertiary/aromatic N) is 2. The first-order valence-electron chi connectivity index (χ1n) is 10.6. The van der Waals surface area contributed by atoms with Crippen molar-refractivity contribution in [2.75, 3.05) is 0 Å². The van der Waals surface area contributed by atoms with Crippen LogP contribution in [0.4, 0.5) is 0 Å². The summed E-state index contributed by atoms with van der Waals surface area (Å²) in [6.07, 6.45) is 2.86. The Hall–Kier alpha value is -3.93. The molecule has 2 N–H and O–H groups in total. The molecule has 1 heterocycles. The minimum absolute atomic E-state index is 0.227. The molecule has 6 nitrogen and oxygen atoms in total. The maximum atomic E-state index is 11.5. The lowest BCUT2D eigenvalue weighted by atomic mass is 9.99. The van der Waals surface area contributed by atoms with Gasteiger partial charge in [0.2, 0.25) is 0 Å². The lowest BCUT2D eigenvalue weighted by Crippen LogP contribution is -2.05. The number of aromatic nitrogens is 2. The molecule has 3 aromatic carbocycles. The lowest BCUT2D eigenvalue weighted by molar-refractivity contribution is 0.0686. The largest absolute Gasteiger partial charge is 0.478 e. The van der Waals surface area contributed by atoms with Gasteiger partial charge >= 0.3 is 11.9 Å². The van der Waals surface area contributed by atoms with Crippen molar-refractivity contribution < 1.29 is 19.8 Å². The minimum atomic E-state index is -0.964. The Labute approximate surface area is 185 Å². The first kappa shape index (κ1) is 21.3. The Kier molecular flexibility index (Phi) is 6.03. The third-order valence-electron chi connectivity index (χ3n) is 5.59. The van der Waals surface area contributed by atoms with Gasteiger partial charge < -0.3 is 14.8 Å². The smallest absolute Gasteiger partial charge is 0.336 e. The highest BCUT2D eigenvalue weighted by Crippen LogP contribution is 2.26. The number of benzene rings is 3. The normalized spacial score (nSPS) is 11.0. The van der Waals surface area contributed by atoms with Gasteiger partial charge in [-0.3, -0.25) is 0 Å². The number of carboxylic acids is 2. The van der Waals surface area contributed by atoms with E-state index < -0.39 is 11.9 Å². The van der Waals surface area contributed by atoms with Crippen molar-refractivity contribution in [1.82, 2.24) is 9.55 Å². The summed E-state index contributed by atoms with van der Waals surface area (Å²) in [5.74, 6) is -0.977. The molecule has 4 aromatic rings. The van der Waals surface area contributed by atoms with Crippen molar-refractivity contribution in [3.05, 3.63) is 89.2 Å². The quantitative estimate of drug-likeness (QED) is 0.387. The van der Waals surface area contributed by atoms with Crippen LogP contribution in [0.2, 0.25) is 0 Å². The zero-order chi connectivity index (χ0) is 22.7. The van der Waals surface area contributed by atoms with Gasteiger partial charge in [0, 0.05) is 13.0 Å². The predicted molar refractivity (Wildman–Crippen MR) is 123 cm³/mol.